The Morgan fingerprint density at radius 2 is 2.05 bits per heavy atom. The normalized spacial score (nSPS) is 11.7. The second-order valence-corrected chi connectivity index (χ2v) is 6.50. The number of esters is 1. The summed E-state index contributed by atoms with van der Waals surface area (Å²) in [5.74, 6) is -0.797. The topological polar surface area (TPSA) is 55.4 Å². The fraction of sp³-hybridized carbons (Fsp3) is 0.200. The molecule has 0 spiro atoms. The highest BCUT2D eigenvalue weighted by atomic mass is 127. The number of ether oxygens (including phenoxy) is 1. The lowest BCUT2D eigenvalue weighted by atomic mass is 10.2. The zero-order valence-corrected chi connectivity index (χ0v) is 14.3. The predicted molar refractivity (Wildman–Crippen MR) is 90.3 cm³/mol. The zero-order chi connectivity index (χ0) is 15.2. The van der Waals surface area contributed by atoms with Gasteiger partial charge >= 0.3 is 5.97 Å². The fourth-order valence-electron chi connectivity index (χ4n) is 1.73. The number of rotatable bonds is 5. The smallest absolute Gasteiger partial charge is 0.339 e. The minimum absolute atomic E-state index is 0.0898. The summed E-state index contributed by atoms with van der Waals surface area (Å²) < 4.78 is 5.84. The number of amides is 1. The van der Waals surface area contributed by atoms with Gasteiger partial charge in [0.05, 0.1) is 11.6 Å². The number of halogens is 1. The number of carbonyl (C=O) groups is 2. The van der Waals surface area contributed by atoms with Crippen molar-refractivity contribution in [3.05, 3.63) is 55.8 Å². The number of nitrogens with one attached hydrogen (secondary N) is 1. The molecule has 0 saturated heterocycles. The molecule has 0 aliphatic carbocycles. The van der Waals surface area contributed by atoms with Crippen molar-refractivity contribution in [2.75, 3.05) is 6.61 Å². The van der Waals surface area contributed by atoms with Crippen molar-refractivity contribution in [3.63, 3.8) is 0 Å². The van der Waals surface area contributed by atoms with E-state index in [2.05, 4.69) is 27.9 Å². The standard InChI is InChI=1S/C15H14INO3S/c1-10(13-7-4-8-21-13)17-14(18)9-20-15(19)11-5-2-3-6-12(11)16/h2-8,10H,9H2,1H3,(H,17,18)/t10-/m1/s1. The van der Waals surface area contributed by atoms with Gasteiger partial charge in [0.25, 0.3) is 5.91 Å². The summed E-state index contributed by atoms with van der Waals surface area (Å²) in [6, 6.07) is 10.9. The molecule has 0 aliphatic heterocycles. The summed E-state index contributed by atoms with van der Waals surface area (Å²) in [7, 11) is 0. The van der Waals surface area contributed by atoms with E-state index in [1.807, 2.05) is 36.6 Å². The van der Waals surface area contributed by atoms with Crippen LogP contribution in [0.2, 0.25) is 0 Å². The van der Waals surface area contributed by atoms with Crippen LogP contribution in [0.1, 0.15) is 28.2 Å². The minimum atomic E-state index is -0.487. The first-order valence-electron chi connectivity index (χ1n) is 6.32. The average molecular weight is 415 g/mol. The van der Waals surface area contributed by atoms with E-state index < -0.39 is 5.97 Å². The van der Waals surface area contributed by atoms with Gasteiger partial charge in [0, 0.05) is 8.45 Å². The van der Waals surface area contributed by atoms with Gasteiger partial charge in [-0.2, -0.15) is 0 Å². The van der Waals surface area contributed by atoms with Crippen LogP contribution < -0.4 is 5.32 Å². The van der Waals surface area contributed by atoms with Crippen LogP contribution >= 0.6 is 33.9 Å². The number of benzene rings is 1. The SMILES string of the molecule is C[C@@H](NC(=O)COC(=O)c1ccccc1I)c1cccs1. The second-order valence-electron chi connectivity index (χ2n) is 4.36. The van der Waals surface area contributed by atoms with Crippen LogP contribution in [-0.4, -0.2) is 18.5 Å². The van der Waals surface area contributed by atoms with Crippen molar-refractivity contribution in [2.24, 2.45) is 0 Å². The minimum Gasteiger partial charge on any atom is -0.452 e. The third-order valence-corrected chi connectivity index (χ3v) is 4.77. The highest BCUT2D eigenvalue weighted by molar-refractivity contribution is 14.1. The van der Waals surface area contributed by atoms with Crippen molar-refractivity contribution < 1.29 is 14.3 Å². The molecule has 0 saturated carbocycles. The molecule has 0 aliphatic rings. The van der Waals surface area contributed by atoms with Gasteiger partial charge in [-0.15, -0.1) is 11.3 Å². The summed E-state index contributed by atoms with van der Waals surface area (Å²) in [4.78, 5) is 24.7. The van der Waals surface area contributed by atoms with E-state index in [4.69, 9.17) is 4.74 Å². The molecule has 0 unspecified atom stereocenters. The number of hydrogen-bond donors (Lipinski definition) is 1. The number of thiophene rings is 1. The molecule has 1 N–H and O–H groups in total. The maximum Gasteiger partial charge on any atom is 0.339 e. The second kappa shape index (κ2) is 7.56. The molecule has 21 heavy (non-hydrogen) atoms. The maximum atomic E-state index is 11.9. The summed E-state index contributed by atoms with van der Waals surface area (Å²) in [6.07, 6.45) is 0. The maximum absolute atomic E-state index is 11.9. The Kier molecular flexibility index (Phi) is 5.75. The zero-order valence-electron chi connectivity index (χ0n) is 11.3. The molecule has 1 atom stereocenters. The van der Waals surface area contributed by atoms with Gasteiger partial charge in [0.2, 0.25) is 0 Å². The Bertz CT molecular complexity index is 628. The molecular weight excluding hydrogens is 401 g/mol. The molecule has 2 aromatic rings. The third kappa shape index (κ3) is 4.53. The summed E-state index contributed by atoms with van der Waals surface area (Å²) in [6.45, 7) is 1.62. The summed E-state index contributed by atoms with van der Waals surface area (Å²) >= 11 is 3.63. The van der Waals surface area contributed by atoms with E-state index in [1.54, 1.807) is 23.5 Å². The van der Waals surface area contributed by atoms with Crippen LogP contribution in [-0.2, 0) is 9.53 Å². The average Bonchev–Trinajstić information content (AvgIpc) is 2.99. The summed E-state index contributed by atoms with van der Waals surface area (Å²) in [5.41, 5.74) is 0.470. The predicted octanol–water partition coefficient (Wildman–Crippen LogP) is 3.39. The van der Waals surface area contributed by atoms with E-state index >= 15 is 0 Å². The largest absolute Gasteiger partial charge is 0.452 e. The molecule has 4 nitrogen and oxygen atoms in total. The van der Waals surface area contributed by atoms with Gasteiger partial charge in [-0.3, -0.25) is 4.79 Å². The van der Waals surface area contributed by atoms with Gasteiger partial charge in [0.15, 0.2) is 6.61 Å². The highest BCUT2D eigenvalue weighted by Crippen LogP contribution is 2.18. The quantitative estimate of drug-likeness (QED) is 0.602. The molecule has 0 bridgehead atoms. The van der Waals surface area contributed by atoms with Gasteiger partial charge in [-0.05, 0) is 53.1 Å². The molecule has 2 rings (SSSR count). The van der Waals surface area contributed by atoms with Crippen LogP contribution in [0.3, 0.4) is 0 Å². The summed E-state index contributed by atoms with van der Waals surface area (Å²) in [5, 5.41) is 4.75. The Labute approximate surface area is 140 Å². The molecular formula is C15H14INO3S. The first-order chi connectivity index (χ1) is 10.1. The lowest BCUT2D eigenvalue weighted by Crippen LogP contribution is -2.30. The van der Waals surface area contributed by atoms with Gasteiger partial charge in [-0.25, -0.2) is 4.79 Å². The molecule has 110 valence electrons. The van der Waals surface area contributed by atoms with Gasteiger partial charge in [-0.1, -0.05) is 18.2 Å². The van der Waals surface area contributed by atoms with Gasteiger partial charge in [0.1, 0.15) is 0 Å². The Morgan fingerprint density at radius 1 is 1.29 bits per heavy atom. The number of carbonyl (C=O) groups excluding carboxylic acids is 2. The molecule has 0 fully saturated rings. The Hall–Kier alpha value is -1.41. The highest BCUT2D eigenvalue weighted by Gasteiger charge is 2.15. The van der Waals surface area contributed by atoms with Crippen molar-refractivity contribution >= 4 is 45.8 Å². The van der Waals surface area contributed by atoms with Crippen molar-refractivity contribution in [1.29, 1.82) is 0 Å². The van der Waals surface area contributed by atoms with Crippen LogP contribution in [0, 0.1) is 3.57 Å². The van der Waals surface area contributed by atoms with Crippen LogP contribution in [0.15, 0.2) is 41.8 Å². The van der Waals surface area contributed by atoms with Gasteiger partial charge < -0.3 is 10.1 Å². The van der Waals surface area contributed by atoms with Crippen molar-refractivity contribution in [2.45, 2.75) is 13.0 Å². The Balaban J connectivity index is 1.84. The van der Waals surface area contributed by atoms with Crippen LogP contribution in [0.5, 0.6) is 0 Å². The first kappa shape index (κ1) is 16.0. The van der Waals surface area contributed by atoms with E-state index in [0.29, 0.717) is 5.56 Å². The molecule has 1 amide bonds. The fourth-order valence-corrected chi connectivity index (χ4v) is 3.07. The molecule has 1 heterocycles. The van der Waals surface area contributed by atoms with E-state index in [-0.39, 0.29) is 18.6 Å². The molecule has 6 heteroatoms. The van der Waals surface area contributed by atoms with E-state index in [1.165, 1.54) is 0 Å². The Morgan fingerprint density at radius 3 is 2.71 bits per heavy atom. The lowest BCUT2D eigenvalue weighted by molar-refractivity contribution is -0.124. The van der Waals surface area contributed by atoms with E-state index in [0.717, 1.165) is 8.45 Å². The van der Waals surface area contributed by atoms with Crippen LogP contribution in [0.25, 0.3) is 0 Å². The monoisotopic (exact) mass is 415 g/mol. The molecule has 1 aromatic heterocycles. The van der Waals surface area contributed by atoms with Crippen molar-refractivity contribution in [3.8, 4) is 0 Å². The number of hydrogen-bond acceptors (Lipinski definition) is 4. The first-order valence-corrected chi connectivity index (χ1v) is 8.28. The lowest BCUT2D eigenvalue weighted by Gasteiger charge is -2.12. The molecule has 0 radical (unpaired) electrons. The van der Waals surface area contributed by atoms with E-state index in [9.17, 15) is 9.59 Å². The third-order valence-electron chi connectivity index (χ3n) is 2.78. The van der Waals surface area contributed by atoms with Crippen LogP contribution in [0.4, 0.5) is 0 Å². The van der Waals surface area contributed by atoms with Crippen molar-refractivity contribution in [1.82, 2.24) is 5.32 Å². The molecule has 1 aromatic carbocycles.